The molecule has 0 spiro atoms. The van der Waals surface area contributed by atoms with Gasteiger partial charge in [-0.2, -0.15) is 0 Å². The molecule has 0 aromatic carbocycles. The van der Waals surface area contributed by atoms with Gasteiger partial charge in [-0.3, -0.25) is 0 Å². The van der Waals surface area contributed by atoms with Crippen LogP contribution in [0.2, 0.25) is 4.34 Å². The molecule has 1 nitrogen and oxygen atoms in total. The van der Waals surface area contributed by atoms with Gasteiger partial charge in [0.1, 0.15) is 4.34 Å². The van der Waals surface area contributed by atoms with Crippen LogP contribution in [0.1, 0.15) is 36.6 Å². The fraction of sp³-hybridized carbons (Fsp3) is 0.636. The molecular weight excluding hydrogens is 294 g/mol. The normalized spacial score (nSPS) is 18.9. The minimum Gasteiger partial charge on any atom is -0.312 e. The third kappa shape index (κ3) is 2.76. The van der Waals surface area contributed by atoms with E-state index in [1.807, 2.05) is 7.05 Å². The molecule has 1 heterocycles. The van der Waals surface area contributed by atoms with Crippen LogP contribution in [0, 0.1) is 5.92 Å². The maximum Gasteiger partial charge on any atom is 0.107 e. The quantitative estimate of drug-likeness (QED) is 0.856. The smallest absolute Gasteiger partial charge is 0.107 e. The van der Waals surface area contributed by atoms with Crippen molar-refractivity contribution in [3.8, 4) is 0 Å². The second kappa shape index (κ2) is 5.17. The summed E-state index contributed by atoms with van der Waals surface area (Å²) in [4.78, 5) is 1.35. The summed E-state index contributed by atoms with van der Waals surface area (Å²) < 4.78 is 1.89. The van der Waals surface area contributed by atoms with E-state index in [0.29, 0.717) is 6.04 Å². The first-order chi connectivity index (χ1) is 7.20. The summed E-state index contributed by atoms with van der Waals surface area (Å²) in [7, 11) is 2.03. The van der Waals surface area contributed by atoms with Crippen molar-refractivity contribution < 1.29 is 0 Å². The molecule has 0 bridgehead atoms. The van der Waals surface area contributed by atoms with Gasteiger partial charge in [0.2, 0.25) is 0 Å². The first-order valence-corrected chi connectivity index (χ1v) is 7.31. The zero-order valence-electron chi connectivity index (χ0n) is 8.72. The van der Waals surface area contributed by atoms with Crippen molar-refractivity contribution >= 4 is 38.9 Å². The molecule has 15 heavy (non-hydrogen) atoms. The van der Waals surface area contributed by atoms with Gasteiger partial charge in [-0.15, -0.1) is 11.3 Å². The third-order valence-electron chi connectivity index (χ3n) is 3.15. The van der Waals surface area contributed by atoms with Crippen LogP contribution < -0.4 is 5.32 Å². The third-order valence-corrected chi connectivity index (χ3v) is 5.74. The topological polar surface area (TPSA) is 12.0 Å². The van der Waals surface area contributed by atoms with E-state index >= 15 is 0 Å². The predicted octanol–water partition coefficient (Wildman–Crippen LogP) is 4.61. The first kappa shape index (κ1) is 11.9. The van der Waals surface area contributed by atoms with Crippen LogP contribution in [0.4, 0.5) is 0 Å². The van der Waals surface area contributed by atoms with Crippen LogP contribution in [0.5, 0.6) is 0 Å². The maximum absolute atomic E-state index is 6.06. The Bertz CT molecular complexity index is 316. The fourth-order valence-electron chi connectivity index (χ4n) is 1.97. The van der Waals surface area contributed by atoms with E-state index in [4.69, 9.17) is 11.6 Å². The lowest BCUT2D eigenvalue weighted by molar-refractivity contribution is 0.267. The van der Waals surface area contributed by atoms with Gasteiger partial charge in [0.05, 0.1) is 0 Å². The highest BCUT2D eigenvalue weighted by atomic mass is 79.9. The van der Waals surface area contributed by atoms with Crippen molar-refractivity contribution in [1.82, 2.24) is 5.32 Å². The lowest BCUT2D eigenvalue weighted by Gasteiger charge is -2.29. The first-order valence-electron chi connectivity index (χ1n) is 5.32. The zero-order valence-corrected chi connectivity index (χ0v) is 11.9. The molecule has 1 unspecified atom stereocenters. The van der Waals surface area contributed by atoms with Crippen LogP contribution in [0.15, 0.2) is 10.5 Å². The number of rotatable bonds is 4. The SMILES string of the molecule is CNC(CC1CCC1)c1cc(Br)c(Cl)s1. The van der Waals surface area contributed by atoms with E-state index in [9.17, 15) is 0 Å². The van der Waals surface area contributed by atoms with Crippen molar-refractivity contribution in [2.45, 2.75) is 31.7 Å². The largest absolute Gasteiger partial charge is 0.312 e. The molecule has 1 aromatic rings. The summed E-state index contributed by atoms with van der Waals surface area (Å²) in [6.45, 7) is 0. The predicted molar refractivity (Wildman–Crippen MR) is 70.8 cm³/mol. The highest BCUT2D eigenvalue weighted by Gasteiger charge is 2.23. The summed E-state index contributed by atoms with van der Waals surface area (Å²) in [5.74, 6) is 0.919. The fourth-order valence-corrected chi connectivity index (χ4v) is 3.83. The Hall–Kier alpha value is 0.430. The summed E-state index contributed by atoms with van der Waals surface area (Å²) in [5, 5.41) is 3.39. The van der Waals surface area contributed by atoms with E-state index in [2.05, 4.69) is 27.3 Å². The Morgan fingerprint density at radius 1 is 1.67 bits per heavy atom. The highest BCUT2D eigenvalue weighted by molar-refractivity contribution is 9.10. The molecule has 0 aliphatic heterocycles. The molecule has 2 rings (SSSR count). The van der Waals surface area contributed by atoms with Crippen LogP contribution in [-0.2, 0) is 0 Å². The molecule has 1 atom stereocenters. The molecule has 1 N–H and O–H groups in total. The highest BCUT2D eigenvalue weighted by Crippen LogP contribution is 2.40. The molecule has 1 aliphatic carbocycles. The Kier molecular flexibility index (Phi) is 4.10. The van der Waals surface area contributed by atoms with Gasteiger partial charge in [-0.1, -0.05) is 30.9 Å². The van der Waals surface area contributed by atoms with Gasteiger partial charge in [-0.25, -0.2) is 0 Å². The Morgan fingerprint density at radius 3 is 2.80 bits per heavy atom. The van der Waals surface area contributed by atoms with Gasteiger partial charge in [-0.05, 0) is 41.4 Å². The number of thiophene rings is 1. The molecule has 1 saturated carbocycles. The van der Waals surface area contributed by atoms with Crippen molar-refractivity contribution in [2.75, 3.05) is 7.05 Å². The van der Waals surface area contributed by atoms with Crippen LogP contribution in [-0.4, -0.2) is 7.05 Å². The van der Waals surface area contributed by atoms with Crippen LogP contribution >= 0.6 is 38.9 Å². The zero-order chi connectivity index (χ0) is 10.8. The van der Waals surface area contributed by atoms with E-state index in [0.717, 1.165) is 14.7 Å². The van der Waals surface area contributed by atoms with E-state index in [1.165, 1.54) is 30.6 Å². The monoisotopic (exact) mass is 307 g/mol. The summed E-state index contributed by atoms with van der Waals surface area (Å²) >= 11 is 11.2. The summed E-state index contributed by atoms with van der Waals surface area (Å²) in [6, 6.07) is 2.62. The Morgan fingerprint density at radius 2 is 2.40 bits per heavy atom. The van der Waals surface area contributed by atoms with Crippen molar-refractivity contribution in [2.24, 2.45) is 5.92 Å². The van der Waals surface area contributed by atoms with E-state index in [1.54, 1.807) is 11.3 Å². The molecule has 1 fully saturated rings. The minimum atomic E-state index is 0.476. The number of hydrogen-bond acceptors (Lipinski definition) is 2. The van der Waals surface area contributed by atoms with Crippen molar-refractivity contribution in [3.63, 3.8) is 0 Å². The lowest BCUT2D eigenvalue weighted by Crippen LogP contribution is -2.22. The van der Waals surface area contributed by atoms with Gasteiger partial charge in [0.15, 0.2) is 0 Å². The standard InChI is InChI=1S/C11H15BrClNS/c1-14-9(5-7-3-2-4-7)10-6-8(12)11(13)15-10/h6-7,9,14H,2-5H2,1H3. The Labute approximate surface area is 108 Å². The second-order valence-corrected chi connectivity index (χ2v) is 6.68. The molecule has 4 heteroatoms. The molecule has 84 valence electrons. The van der Waals surface area contributed by atoms with E-state index in [-0.39, 0.29) is 0 Å². The molecule has 0 saturated heterocycles. The maximum atomic E-state index is 6.06. The lowest BCUT2D eigenvalue weighted by atomic mass is 9.80. The number of nitrogens with one attached hydrogen (secondary N) is 1. The second-order valence-electron chi connectivity index (χ2n) is 4.14. The molecule has 0 amide bonds. The van der Waals surface area contributed by atoms with Crippen LogP contribution in [0.3, 0.4) is 0 Å². The molecule has 1 aliphatic rings. The number of hydrogen-bond donors (Lipinski definition) is 1. The van der Waals surface area contributed by atoms with Gasteiger partial charge >= 0.3 is 0 Å². The van der Waals surface area contributed by atoms with Crippen molar-refractivity contribution in [1.29, 1.82) is 0 Å². The summed E-state index contributed by atoms with van der Waals surface area (Å²) in [6.07, 6.45) is 5.46. The van der Waals surface area contributed by atoms with Gasteiger partial charge in [0.25, 0.3) is 0 Å². The minimum absolute atomic E-state index is 0.476. The molecule has 0 radical (unpaired) electrons. The van der Waals surface area contributed by atoms with E-state index < -0.39 is 0 Å². The molecular formula is C11H15BrClNS. The van der Waals surface area contributed by atoms with Crippen LogP contribution in [0.25, 0.3) is 0 Å². The Balaban J connectivity index is 2.04. The average Bonchev–Trinajstić information content (AvgIpc) is 2.45. The number of halogens is 2. The summed E-state index contributed by atoms with van der Waals surface area (Å²) in [5.41, 5.74) is 0. The van der Waals surface area contributed by atoms with Gasteiger partial charge < -0.3 is 5.32 Å². The average molecular weight is 309 g/mol. The van der Waals surface area contributed by atoms with Gasteiger partial charge in [0, 0.05) is 15.4 Å². The van der Waals surface area contributed by atoms with Crippen molar-refractivity contribution in [3.05, 3.63) is 19.8 Å². The molecule has 1 aromatic heterocycles.